The van der Waals surface area contributed by atoms with Gasteiger partial charge < -0.3 is 32.7 Å². The van der Waals surface area contributed by atoms with Crippen molar-refractivity contribution in [2.24, 2.45) is 0 Å². The van der Waals surface area contributed by atoms with Crippen LogP contribution in [0.3, 0.4) is 0 Å². The third-order valence-corrected chi connectivity index (χ3v) is 5.63. The van der Waals surface area contributed by atoms with Gasteiger partial charge in [-0.25, -0.2) is 0 Å². The van der Waals surface area contributed by atoms with E-state index in [1.54, 1.807) is 6.20 Å². The van der Waals surface area contributed by atoms with Gasteiger partial charge in [0.05, 0.1) is 5.52 Å². The maximum absolute atomic E-state index is 6.03. The quantitative estimate of drug-likeness (QED) is 0.215. The number of benzene rings is 1. The van der Waals surface area contributed by atoms with Gasteiger partial charge in [0.15, 0.2) is 0 Å². The van der Waals surface area contributed by atoms with Crippen LogP contribution in [-0.4, -0.2) is 41.3 Å². The number of pyridine rings is 1. The van der Waals surface area contributed by atoms with Crippen molar-refractivity contribution in [1.29, 1.82) is 0 Å². The Morgan fingerprint density at radius 1 is 1.21 bits per heavy atom. The van der Waals surface area contributed by atoms with Crippen molar-refractivity contribution in [3.05, 3.63) is 40.8 Å². The minimum absolute atomic E-state index is 0. The van der Waals surface area contributed by atoms with Gasteiger partial charge in [-0.05, 0) is 55.7 Å². The van der Waals surface area contributed by atoms with Crippen molar-refractivity contribution in [2.75, 3.05) is 25.4 Å². The van der Waals surface area contributed by atoms with Crippen LogP contribution in [0.5, 0.6) is 0 Å². The van der Waals surface area contributed by atoms with E-state index in [0.717, 1.165) is 48.4 Å². The number of nitrogens with zero attached hydrogens (tertiary/aromatic N) is 3. The molecule has 156 valence electrons. The molecule has 0 aliphatic carbocycles. The number of rotatable bonds is 10. The predicted molar refractivity (Wildman–Crippen MR) is 126 cm³/mol. The molecule has 0 fully saturated rings. The van der Waals surface area contributed by atoms with Crippen molar-refractivity contribution >= 4 is 50.6 Å². The number of aromatic nitrogens is 1. The molecule has 0 bridgehead atoms. The molecule has 2 aromatic rings. The zero-order valence-electron chi connectivity index (χ0n) is 17.4. The fourth-order valence-electron chi connectivity index (χ4n) is 2.75. The van der Waals surface area contributed by atoms with Crippen LogP contribution in [-0.2, 0) is 32.7 Å². The molecule has 1 unspecified atom stereocenters. The third-order valence-electron chi connectivity index (χ3n) is 4.32. The van der Waals surface area contributed by atoms with E-state index in [-0.39, 0.29) is 21.1 Å². The second-order valence-corrected chi connectivity index (χ2v) is 8.25. The standard InChI is InChI=1S/C18H25ClN3.C3H8S2.W/c1-4-22(5-2)12-6-7-14(3)21-17-10-11-20-18-13-15(19)8-9-16(17)18;1-2-3-5-4;/h8-11,13-14H,4-7,12H2,1-3H3;4H,2-3H2,1H3;/q-1;;+2/p-1. The van der Waals surface area contributed by atoms with E-state index in [0.29, 0.717) is 11.1 Å². The van der Waals surface area contributed by atoms with Gasteiger partial charge in [0.1, 0.15) is 0 Å². The summed E-state index contributed by atoms with van der Waals surface area (Å²) >= 11 is 10.6. The molecular weight excluding hydrogens is 578 g/mol. The summed E-state index contributed by atoms with van der Waals surface area (Å²) in [7, 11) is 1.48. The van der Waals surface area contributed by atoms with Gasteiger partial charge in [-0.15, -0.1) is 11.7 Å². The molecule has 0 radical (unpaired) electrons. The van der Waals surface area contributed by atoms with E-state index in [9.17, 15) is 0 Å². The van der Waals surface area contributed by atoms with Gasteiger partial charge in [-0.2, -0.15) is 0 Å². The molecule has 0 aliphatic rings. The molecule has 1 aromatic carbocycles. The molecule has 1 aromatic heterocycles. The zero-order chi connectivity index (χ0) is 20.1. The summed E-state index contributed by atoms with van der Waals surface area (Å²) in [5, 5.41) is 6.65. The maximum Gasteiger partial charge on any atom is 2.00 e. The van der Waals surface area contributed by atoms with Crippen LogP contribution >= 0.6 is 22.4 Å². The van der Waals surface area contributed by atoms with Crippen LogP contribution in [0.4, 0.5) is 5.69 Å². The van der Waals surface area contributed by atoms with Crippen LogP contribution in [0.15, 0.2) is 30.5 Å². The molecule has 0 amide bonds. The monoisotopic (exact) mass is 609 g/mol. The van der Waals surface area contributed by atoms with Gasteiger partial charge in [0, 0.05) is 11.2 Å². The summed E-state index contributed by atoms with van der Waals surface area (Å²) in [5.74, 6) is 1.12. The minimum atomic E-state index is 0. The number of hydrogen-bond acceptors (Lipinski definition) is 4. The van der Waals surface area contributed by atoms with E-state index in [2.05, 4.69) is 49.2 Å². The summed E-state index contributed by atoms with van der Waals surface area (Å²) in [6.07, 6.45) is 5.30. The normalized spacial score (nSPS) is 11.5. The van der Waals surface area contributed by atoms with Crippen molar-refractivity contribution in [3.8, 4) is 0 Å². The van der Waals surface area contributed by atoms with E-state index >= 15 is 0 Å². The number of hydrogen-bond donors (Lipinski definition) is 0. The van der Waals surface area contributed by atoms with Crippen LogP contribution in [0.25, 0.3) is 16.2 Å². The molecule has 2 rings (SSSR count). The number of fused-ring (bicyclic) bond motifs is 1. The Bertz CT molecular complexity index is 655. The number of halogens is 1. The Morgan fingerprint density at radius 3 is 2.50 bits per heavy atom. The molecule has 0 N–H and O–H groups in total. The molecule has 0 saturated carbocycles. The maximum atomic E-state index is 6.03. The average Bonchev–Trinajstić information content (AvgIpc) is 2.66. The van der Waals surface area contributed by atoms with Gasteiger partial charge in [-0.1, -0.05) is 57.8 Å². The van der Waals surface area contributed by atoms with Crippen LogP contribution in [0.2, 0.25) is 5.02 Å². The largest absolute Gasteiger partial charge is 2.00 e. The first-order chi connectivity index (χ1) is 13.0. The summed E-state index contributed by atoms with van der Waals surface area (Å²) < 4.78 is 0. The fourth-order valence-corrected chi connectivity index (χ4v) is 3.59. The summed E-state index contributed by atoms with van der Waals surface area (Å²) in [4.78, 5) is 6.82. The first-order valence-corrected chi connectivity index (χ1v) is 12.1. The van der Waals surface area contributed by atoms with Crippen LogP contribution < -0.4 is 0 Å². The smallest absolute Gasteiger partial charge is 0.719 e. The Kier molecular flexibility index (Phi) is 16.9. The molecule has 0 aliphatic heterocycles. The average molecular weight is 610 g/mol. The zero-order valence-corrected chi connectivity index (χ0v) is 22.7. The molecular formula is C21H32ClN3S2W. The van der Waals surface area contributed by atoms with Crippen molar-refractivity contribution in [2.45, 2.75) is 53.0 Å². The molecule has 28 heavy (non-hydrogen) atoms. The predicted octanol–water partition coefficient (Wildman–Crippen LogP) is 6.99. The van der Waals surface area contributed by atoms with Gasteiger partial charge in [-0.3, -0.25) is 4.98 Å². The fraction of sp³-hybridized carbons (Fsp3) is 0.571. The molecule has 0 saturated heterocycles. The Hall–Kier alpha value is 0.0683. The molecule has 0 spiro atoms. The van der Waals surface area contributed by atoms with Crippen molar-refractivity contribution in [3.63, 3.8) is 0 Å². The second-order valence-electron chi connectivity index (χ2n) is 6.46. The first kappa shape index (κ1) is 28.1. The van der Waals surface area contributed by atoms with Gasteiger partial charge >= 0.3 is 21.1 Å². The summed E-state index contributed by atoms with van der Waals surface area (Å²) in [5.41, 5.74) is 1.92. The van der Waals surface area contributed by atoms with E-state index < -0.39 is 0 Å². The molecule has 7 heteroatoms. The van der Waals surface area contributed by atoms with Crippen LogP contribution in [0.1, 0.15) is 47.0 Å². The summed E-state index contributed by atoms with van der Waals surface area (Å²) in [6.45, 7) is 12.1. The van der Waals surface area contributed by atoms with Gasteiger partial charge in [0.2, 0.25) is 0 Å². The first-order valence-electron chi connectivity index (χ1n) is 9.77. The van der Waals surface area contributed by atoms with E-state index in [4.69, 9.17) is 16.9 Å². The van der Waals surface area contributed by atoms with Crippen LogP contribution in [0, 0.1) is 0 Å². The molecule has 1 atom stereocenters. The minimum Gasteiger partial charge on any atom is -0.719 e. The molecule has 1 heterocycles. The Balaban J connectivity index is 0.00000108. The topological polar surface area (TPSA) is 30.2 Å². The van der Waals surface area contributed by atoms with E-state index in [1.165, 1.54) is 23.6 Å². The summed E-state index contributed by atoms with van der Waals surface area (Å²) in [6, 6.07) is 8.09. The molecule has 3 nitrogen and oxygen atoms in total. The Labute approximate surface area is 199 Å². The van der Waals surface area contributed by atoms with E-state index in [1.807, 2.05) is 24.3 Å². The Morgan fingerprint density at radius 2 is 1.93 bits per heavy atom. The third kappa shape index (κ3) is 10.7. The SMILES string of the molecule is CCCS[S-].CCN(CC)CCCC(C)[N-]c1ccnc2cc(Cl)ccc12.[W+2]. The van der Waals surface area contributed by atoms with Crippen molar-refractivity contribution < 1.29 is 21.1 Å². The van der Waals surface area contributed by atoms with Gasteiger partial charge in [0.25, 0.3) is 0 Å². The second kappa shape index (κ2) is 16.8. The van der Waals surface area contributed by atoms with Crippen molar-refractivity contribution in [1.82, 2.24) is 9.88 Å².